The highest BCUT2D eigenvalue weighted by Crippen LogP contribution is 2.26. The van der Waals surface area contributed by atoms with Crippen LogP contribution in [0.1, 0.15) is 84.5 Å². The molecule has 0 heterocycles. The first-order valence-corrected chi connectivity index (χ1v) is 9.44. The van der Waals surface area contributed by atoms with E-state index in [-0.39, 0.29) is 11.8 Å². The van der Waals surface area contributed by atoms with Gasteiger partial charge < -0.3 is 10.5 Å². The predicted octanol–water partition coefficient (Wildman–Crippen LogP) is 4.00. The highest BCUT2D eigenvalue weighted by Gasteiger charge is 2.22. The summed E-state index contributed by atoms with van der Waals surface area (Å²) in [4.78, 5) is 21.9. The summed E-state index contributed by atoms with van der Waals surface area (Å²) in [5.74, 6) is 0.873. The Morgan fingerprint density at radius 2 is 1.48 bits per heavy atom. The summed E-state index contributed by atoms with van der Waals surface area (Å²) in [5, 5.41) is 0. The molecule has 0 aromatic heterocycles. The Labute approximate surface area is 141 Å². The second-order valence-corrected chi connectivity index (χ2v) is 7.24. The van der Waals surface area contributed by atoms with Crippen molar-refractivity contribution in [2.45, 2.75) is 90.6 Å². The first-order valence-electron chi connectivity index (χ1n) is 9.44. The molecule has 0 unspecified atom stereocenters. The van der Waals surface area contributed by atoms with Gasteiger partial charge in [0.1, 0.15) is 5.78 Å². The van der Waals surface area contributed by atoms with Gasteiger partial charge in [-0.15, -0.1) is 0 Å². The van der Waals surface area contributed by atoms with Crippen molar-refractivity contribution in [1.29, 1.82) is 0 Å². The summed E-state index contributed by atoms with van der Waals surface area (Å²) < 4.78 is 5.49. The highest BCUT2D eigenvalue weighted by molar-refractivity contribution is 5.82. The van der Waals surface area contributed by atoms with Gasteiger partial charge in [-0.05, 0) is 25.7 Å². The molecule has 2 aliphatic rings. The molecule has 2 rings (SSSR count). The minimum atomic E-state index is -0.272. The van der Waals surface area contributed by atoms with Crippen molar-refractivity contribution >= 4 is 11.7 Å². The molecule has 4 nitrogen and oxygen atoms in total. The molecule has 23 heavy (non-hydrogen) atoms. The van der Waals surface area contributed by atoms with Crippen molar-refractivity contribution < 1.29 is 14.3 Å². The van der Waals surface area contributed by atoms with Gasteiger partial charge in [-0.25, -0.2) is 0 Å². The number of amides is 1. The third-order valence-corrected chi connectivity index (χ3v) is 4.83. The van der Waals surface area contributed by atoms with E-state index in [9.17, 15) is 9.59 Å². The van der Waals surface area contributed by atoms with Crippen LogP contribution in [-0.4, -0.2) is 24.4 Å². The number of nitrogens with two attached hydrogens (primary N) is 1. The van der Waals surface area contributed by atoms with Gasteiger partial charge in [0.2, 0.25) is 5.91 Å². The van der Waals surface area contributed by atoms with Gasteiger partial charge in [-0.3, -0.25) is 9.59 Å². The summed E-state index contributed by atoms with van der Waals surface area (Å²) >= 11 is 0. The fourth-order valence-electron chi connectivity index (χ4n) is 3.42. The molecule has 4 heteroatoms. The normalized spacial score (nSPS) is 20.0. The lowest BCUT2D eigenvalue weighted by molar-refractivity contribution is -0.126. The zero-order valence-electron chi connectivity index (χ0n) is 15.0. The monoisotopic (exact) mass is 325 g/mol. The Kier molecular flexibility index (Phi) is 10.2. The van der Waals surface area contributed by atoms with Crippen LogP contribution in [0.15, 0.2) is 0 Å². The van der Waals surface area contributed by atoms with Gasteiger partial charge in [0.05, 0.1) is 12.7 Å². The average molecular weight is 325 g/mol. The second kappa shape index (κ2) is 11.6. The molecule has 2 saturated carbocycles. The van der Waals surface area contributed by atoms with E-state index in [2.05, 4.69) is 0 Å². The first-order chi connectivity index (χ1) is 11.0. The zero-order chi connectivity index (χ0) is 17.1. The van der Waals surface area contributed by atoms with Gasteiger partial charge >= 0.3 is 0 Å². The van der Waals surface area contributed by atoms with E-state index < -0.39 is 0 Å². The Balaban J connectivity index is 0.000000231. The number of Topliss-reactive ketones (excluding diaryl/α,β-unsaturated/α-hetero) is 1. The summed E-state index contributed by atoms with van der Waals surface area (Å²) in [7, 11) is 0. The first kappa shape index (κ1) is 20.1. The lowest BCUT2D eigenvalue weighted by atomic mass is 9.83. The largest absolute Gasteiger partial charge is 0.378 e. The van der Waals surface area contributed by atoms with E-state index in [0.29, 0.717) is 30.8 Å². The quantitative estimate of drug-likeness (QED) is 0.802. The minimum absolute atomic E-state index is 0.248. The number of hydrogen-bond acceptors (Lipinski definition) is 3. The standard InChI is InChI=1S/C10H18O.C9H17NO2/c1-8(2)10(11)9-6-4-3-5-7-9;10-9(11)6-7-12-8-4-2-1-3-5-8/h8-9H,3-7H2,1-2H3;8H,1-7H2,(H2,10,11). The van der Waals surface area contributed by atoms with Crippen molar-refractivity contribution in [3.63, 3.8) is 0 Å². The third kappa shape index (κ3) is 9.09. The number of ether oxygens (including phenoxy) is 1. The van der Waals surface area contributed by atoms with Gasteiger partial charge in [-0.1, -0.05) is 52.4 Å². The lowest BCUT2D eigenvalue weighted by Crippen LogP contribution is -2.21. The summed E-state index contributed by atoms with van der Waals surface area (Å²) in [6, 6.07) is 0. The molecular formula is C19H35NO3. The number of rotatable bonds is 6. The summed E-state index contributed by atoms with van der Waals surface area (Å²) in [6.07, 6.45) is 13.1. The second-order valence-electron chi connectivity index (χ2n) is 7.24. The molecule has 0 atom stereocenters. The number of primary amides is 1. The van der Waals surface area contributed by atoms with E-state index in [1.54, 1.807) is 0 Å². The SMILES string of the molecule is CC(C)C(=O)C1CCCCC1.NC(=O)CCOC1CCCCC1. The van der Waals surface area contributed by atoms with Crippen molar-refractivity contribution in [2.75, 3.05) is 6.61 Å². The molecule has 0 aromatic carbocycles. The zero-order valence-corrected chi connectivity index (χ0v) is 15.0. The van der Waals surface area contributed by atoms with E-state index in [4.69, 9.17) is 10.5 Å². The Morgan fingerprint density at radius 3 is 1.96 bits per heavy atom. The maximum absolute atomic E-state index is 11.5. The Morgan fingerprint density at radius 1 is 0.957 bits per heavy atom. The van der Waals surface area contributed by atoms with E-state index >= 15 is 0 Å². The van der Waals surface area contributed by atoms with Crippen molar-refractivity contribution in [3.05, 3.63) is 0 Å². The molecule has 1 amide bonds. The van der Waals surface area contributed by atoms with Gasteiger partial charge in [0.15, 0.2) is 0 Å². The Hall–Kier alpha value is -0.900. The number of hydrogen-bond donors (Lipinski definition) is 1. The summed E-state index contributed by atoms with van der Waals surface area (Å²) in [6.45, 7) is 4.52. The topological polar surface area (TPSA) is 69.4 Å². The fraction of sp³-hybridized carbons (Fsp3) is 0.895. The van der Waals surface area contributed by atoms with Crippen molar-refractivity contribution in [2.24, 2.45) is 17.6 Å². The molecule has 2 aliphatic carbocycles. The third-order valence-electron chi connectivity index (χ3n) is 4.83. The van der Waals surface area contributed by atoms with E-state index in [1.165, 1.54) is 38.5 Å². The van der Waals surface area contributed by atoms with Crippen LogP contribution in [0.4, 0.5) is 0 Å². The Bertz CT molecular complexity index is 343. The molecule has 2 N–H and O–H groups in total. The van der Waals surface area contributed by atoms with E-state index in [0.717, 1.165) is 25.7 Å². The molecule has 0 aromatic rings. The van der Waals surface area contributed by atoms with Crippen LogP contribution in [-0.2, 0) is 14.3 Å². The minimum Gasteiger partial charge on any atom is -0.378 e. The summed E-state index contributed by atoms with van der Waals surface area (Å²) in [5.41, 5.74) is 4.99. The van der Waals surface area contributed by atoms with E-state index in [1.807, 2.05) is 13.8 Å². The molecule has 134 valence electrons. The van der Waals surface area contributed by atoms with Crippen LogP contribution in [0.25, 0.3) is 0 Å². The maximum Gasteiger partial charge on any atom is 0.219 e. The molecule has 0 radical (unpaired) electrons. The van der Waals surface area contributed by atoms with Crippen molar-refractivity contribution in [3.8, 4) is 0 Å². The molecule has 0 aliphatic heterocycles. The van der Waals surface area contributed by atoms with Crippen LogP contribution < -0.4 is 5.73 Å². The highest BCUT2D eigenvalue weighted by atomic mass is 16.5. The van der Waals surface area contributed by atoms with Crippen LogP contribution >= 0.6 is 0 Å². The number of carbonyl (C=O) groups excluding carboxylic acids is 2. The van der Waals surface area contributed by atoms with Gasteiger partial charge in [0, 0.05) is 18.3 Å². The van der Waals surface area contributed by atoms with Crippen LogP contribution in [0, 0.1) is 11.8 Å². The average Bonchev–Trinajstić information content (AvgIpc) is 2.56. The van der Waals surface area contributed by atoms with Crippen LogP contribution in [0.5, 0.6) is 0 Å². The predicted molar refractivity (Wildman–Crippen MR) is 93.1 cm³/mol. The fourth-order valence-corrected chi connectivity index (χ4v) is 3.42. The molecule has 0 bridgehead atoms. The molecule has 0 spiro atoms. The van der Waals surface area contributed by atoms with Crippen LogP contribution in [0.3, 0.4) is 0 Å². The maximum atomic E-state index is 11.5. The molecule has 0 saturated heterocycles. The molecular weight excluding hydrogens is 290 g/mol. The van der Waals surface area contributed by atoms with Gasteiger partial charge in [-0.2, -0.15) is 0 Å². The number of ketones is 1. The number of carbonyl (C=O) groups is 2. The van der Waals surface area contributed by atoms with Crippen molar-refractivity contribution in [1.82, 2.24) is 0 Å². The smallest absolute Gasteiger partial charge is 0.219 e. The lowest BCUT2D eigenvalue weighted by Gasteiger charge is -2.21. The molecule has 2 fully saturated rings. The van der Waals surface area contributed by atoms with Gasteiger partial charge in [0.25, 0.3) is 0 Å². The van der Waals surface area contributed by atoms with Crippen LogP contribution in [0.2, 0.25) is 0 Å².